The van der Waals surface area contributed by atoms with Crippen LogP contribution < -0.4 is 4.90 Å². The van der Waals surface area contributed by atoms with Crippen molar-refractivity contribution in [3.05, 3.63) is 65.6 Å². The summed E-state index contributed by atoms with van der Waals surface area (Å²) in [7, 11) is 0. The van der Waals surface area contributed by atoms with E-state index < -0.39 is 11.6 Å². The minimum atomic E-state index is -0.565. The number of nitrogens with zero attached hydrogens (tertiary/aromatic N) is 6. The number of anilines is 1. The highest BCUT2D eigenvalue weighted by Gasteiger charge is 2.23. The summed E-state index contributed by atoms with van der Waals surface area (Å²) in [5, 5.41) is 8.29. The topological polar surface area (TPSA) is 59.7 Å². The fourth-order valence-electron chi connectivity index (χ4n) is 2.86. The summed E-state index contributed by atoms with van der Waals surface area (Å²) < 4.78 is 29.6. The van der Waals surface area contributed by atoms with Gasteiger partial charge in [0, 0.05) is 37.5 Å². The minimum Gasteiger partial charge on any atom is -0.346 e. The largest absolute Gasteiger partial charge is 0.346 e. The van der Waals surface area contributed by atoms with E-state index in [-0.39, 0.29) is 12.0 Å². The van der Waals surface area contributed by atoms with Crippen LogP contribution in [0, 0.1) is 11.6 Å². The van der Waals surface area contributed by atoms with E-state index >= 15 is 0 Å². The lowest BCUT2D eigenvalue weighted by molar-refractivity contribution is 0.530. The van der Waals surface area contributed by atoms with Gasteiger partial charge in [-0.15, -0.1) is 10.2 Å². The third-order valence-corrected chi connectivity index (χ3v) is 4.10. The second-order valence-corrected chi connectivity index (χ2v) is 5.55. The Morgan fingerprint density at radius 2 is 1.88 bits per heavy atom. The maximum absolute atomic E-state index is 13.8. The van der Waals surface area contributed by atoms with Crippen molar-refractivity contribution in [2.24, 2.45) is 0 Å². The van der Waals surface area contributed by atoms with E-state index in [4.69, 9.17) is 0 Å². The van der Waals surface area contributed by atoms with Gasteiger partial charge in [0.15, 0.2) is 5.82 Å². The zero-order chi connectivity index (χ0) is 16.5. The molecule has 3 aromatic rings. The van der Waals surface area contributed by atoms with Gasteiger partial charge in [-0.05, 0) is 12.1 Å². The summed E-state index contributed by atoms with van der Waals surface area (Å²) in [5.74, 6) is 0.952. The van der Waals surface area contributed by atoms with Gasteiger partial charge in [0.2, 0.25) is 0 Å². The fraction of sp³-hybridized carbons (Fsp3) is 0.250. The molecule has 3 heterocycles. The van der Waals surface area contributed by atoms with Crippen LogP contribution in [-0.4, -0.2) is 31.3 Å². The quantitative estimate of drug-likeness (QED) is 0.735. The Labute approximate surface area is 136 Å². The zero-order valence-corrected chi connectivity index (χ0v) is 12.7. The van der Waals surface area contributed by atoms with E-state index in [1.54, 1.807) is 18.6 Å². The molecule has 0 spiro atoms. The van der Waals surface area contributed by atoms with E-state index in [0.717, 1.165) is 11.6 Å². The van der Waals surface area contributed by atoms with Gasteiger partial charge in [0.05, 0.1) is 12.7 Å². The van der Waals surface area contributed by atoms with Gasteiger partial charge in [0.1, 0.15) is 23.3 Å². The van der Waals surface area contributed by atoms with E-state index in [1.165, 1.54) is 18.2 Å². The van der Waals surface area contributed by atoms with Crippen LogP contribution in [-0.2, 0) is 19.5 Å². The predicted octanol–water partition coefficient (Wildman–Crippen LogP) is 1.96. The highest BCUT2D eigenvalue weighted by molar-refractivity contribution is 5.36. The number of fused-ring (bicyclic) bond motifs is 1. The van der Waals surface area contributed by atoms with E-state index in [0.29, 0.717) is 25.5 Å². The predicted molar refractivity (Wildman–Crippen MR) is 82.3 cm³/mol. The molecule has 122 valence electrons. The van der Waals surface area contributed by atoms with Crippen LogP contribution in [0.3, 0.4) is 0 Å². The van der Waals surface area contributed by atoms with Crippen LogP contribution in [0.2, 0.25) is 0 Å². The van der Waals surface area contributed by atoms with Crippen molar-refractivity contribution in [3.8, 4) is 0 Å². The molecule has 0 bridgehead atoms. The van der Waals surface area contributed by atoms with Crippen LogP contribution in [0.4, 0.5) is 14.6 Å². The Bertz CT molecular complexity index is 844. The highest BCUT2D eigenvalue weighted by atomic mass is 19.1. The van der Waals surface area contributed by atoms with Crippen LogP contribution in [0.5, 0.6) is 0 Å². The van der Waals surface area contributed by atoms with Crippen LogP contribution in [0.25, 0.3) is 0 Å². The van der Waals surface area contributed by atoms with Gasteiger partial charge in [0.25, 0.3) is 0 Å². The number of aromatic nitrogens is 5. The Morgan fingerprint density at radius 1 is 1.04 bits per heavy atom. The molecule has 0 N–H and O–H groups in total. The third kappa shape index (κ3) is 2.60. The molecule has 1 aromatic carbocycles. The number of benzene rings is 1. The Morgan fingerprint density at radius 3 is 2.62 bits per heavy atom. The first-order valence-corrected chi connectivity index (χ1v) is 7.57. The Kier molecular flexibility index (Phi) is 3.64. The molecule has 4 rings (SSSR count). The molecule has 0 radical (unpaired) electrons. The van der Waals surface area contributed by atoms with Gasteiger partial charge in [-0.3, -0.25) is 4.98 Å². The van der Waals surface area contributed by atoms with Gasteiger partial charge in [-0.25, -0.2) is 13.8 Å². The van der Waals surface area contributed by atoms with E-state index in [9.17, 15) is 8.78 Å². The molecule has 0 amide bonds. The number of hydrogen-bond donors (Lipinski definition) is 0. The smallest absolute Gasteiger partial charge is 0.152 e. The molecule has 2 aromatic heterocycles. The average molecular weight is 328 g/mol. The van der Waals surface area contributed by atoms with Crippen molar-refractivity contribution >= 4 is 5.82 Å². The first-order valence-electron chi connectivity index (χ1n) is 7.57. The Hall–Kier alpha value is -2.90. The summed E-state index contributed by atoms with van der Waals surface area (Å²) in [6.45, 7) is 1.87. The van der Waals surface area contributed by atoms with Crippen molar-refractivity contribution in [1.29, 1.82) is 0 Å². The number of hydrogen-bond acceptors (Lipinski definition) is 5. The van der Waals surface area contributed by atoms with Crippen molar-refractivity contribution in [2.45, 2.75) is 19.5 Å². The van der Waals surface area contributed by atoms with Gasteiger partial charge < -0.3 is 9.47 Å². The molecule has 0 unspecified atom stereocenters. The zero-order valence-electron chi connectivity index (χ0n) is 12.7. The number of halogens is 2. The molecule has 0 aliphatic carbocycles. The fourth-order valence-corrected chi connectivity index (χ4v) is 2.86. The molecule has 6 nitrogen and oxygen atoms in total. The molecule has 0 fully saturated rings. The van der Waals surface area contributed by atoms with Gasteiger partial charge in [-0.1, -0.05) is 6.07 Å². The first kappa shape index (κ1) is 14.7. The van der Waals surface area contributed by atoms with Crippen LogP contribution >= 0.6 is 0 Å². The van der Waals surface area contributed by atoms with Crippen molar-refractivity contribution < 1.29 is 8.78 Å². The van der Waals surface area contributed by atoms with E-state index in [2.05, 4.69) is 20.2 Å². The van der Waals surface area contributed by atoms with E-state index in [1.807, 2.05) is 9.47 Å². The summed E-state index contributed by atoms with van der Waals surface area (Å²) in [4.78, 5) is 10.4. The van der Waals surface area contributed by atoms with Crippen LogP contribution in [0.1, 0.15) is 17.2 Å². The van der Waals surface area contributed by atoms with Gasteiger partial charge in [-0.2, -0.15) is 0 Å². The lowest BCUT2D eigenvalue weighted by atomic mass is 10.1. The Balaban J connectivity index is 1.59. The molecule has 0 saturated heterocycles. The summed E-state index contributed by atoms with van der Waals surface area (Å²) in [5.41, 5.74) is 0.0176. The van der Waals surface area contributed by atoms with Crippen molar-refractivity contribution in [1.82, 2.24) is 24.7 Å². The maximum atomic E-state index is 13.8. The summed E-state index contributed by atoms with van der Waals surface area (Å²) >= 11 is 0. The minimum absolute atomic E-state index is 0.0176. The first-order chi connectivity index (χ1) is 11.7. The normalized spacial score (nSPS) is 13.8. The number of rotatable bonds is 3. The monoisotopic (exact) mass is 328 g/mol. The van der Waals surface area contributed by atoms with Crippen molar-refractivity contribution in [3.63, 3.8) is 0 Å². The highest BCUT2D eigenvalue weighted by Crippen LogP contribution is 2.21. The molecular formula is C16H14F2N6. The van der Waals surface area contributed by atoms with Crippen LogP contribution in [0.15, 0.2) is 36.8 Å². The molecule has 8 heteroatoms. The van der Waals surface area contributed by atoms with Crippen molar-refractivity contribution in [2.75, 3.05) is 11.4 Å². The molecule has 0 saturated carbocycles. The summed E-state index contributed by atoms with van der Waals surface area (Å²) in [6, 6.07) is 3.86. The maximum Gasteiger partial charge on any atom is 0.152 e. The lowest BCUT2D eigenvalue weighted by Crippen LogP contribution is -2.35. The molecule has 0 atom stereocenters. The molecule has 24 heavy (non-hydrogen) atoms. The lowest BCUT2D eigenvalue weighted by Gasteiger charge is -2.28. The standard InChI is InChI=1S/C16H14F2N6/c17-12-2-1-3-13(18)11(12)8-14-21-22-16-10-23(6-7-24(14)16)15-9-19-4-5-20-15/h1-5,9H,6-8,10H2. The SMILES string of the molecule is Fc1cccc(F)c1Cc1nnc2n1CCN(c1cnccn1)C2. The van der Waals surface area contributed by atoms with Gasteiger partial charge >= 0.3 is 0 Å². The molecule has 1 aliphatic heterocycles. The third-order valence-electron chi connectivity index (χ3n) is 4.10. The second kappa shape index (κ2) is 5.95. The average Bonchev–Trinajstić information content (AvgIpc) is 3.01. The summed E-state index contributed by atoms with van der Waals surface area (Å²) in [6.07, 6.45) is 5.04. The molecular weight excluding hydrogens is 314 g/mol. The second-order valence-electron chi connectivity index (χ2n) is 5.55. The molecule has 1 aliphatic rings.